The number of aliphatic carboxylic acids is 1. The standard InChI is InChI=1S/C14H18N2O4/c1-10-8-12(2-3-13(10)16(19)20)15-6-4-11(5-7-15)9-14(17)18/h2-3,8,11H,4-7,9H2,1H3,(H,17,18). The van der Waals surface area contributed by atoms with Crippen molar-refractivity contribution in [1.29, 1.82) is 0 Å². The van der Waals surface area contributed by atoms with Crippen molar-refractivity contribution in [1.82, 2.24) is 0 Å². The summed E-state index contributed by atoms with van der Waals surface area (Å²) in [4.78, 5) is 23.3. The maximum absolute atomic E-state index is 10.8. The van der Waals surface area contributed by atoms with Crippen LogP contribution in [-0.4, -0.2) is 29.1 Å². The van der Waals surface area contributed by atoms with Crippen LogP contribution in [0.3, 0.4) is 0 Å². The number of anilines is 1. The largest absolute Gasteiger partial charge is 0.481 e. The summed E-state index contributed by atoms with van der Waals surface area (Å²) in [6.07, 6.45) is 1.93. The summed E-state index contributed by atoms with van der Waals surface area (Å²) in [5.74, 6) is -0.502. The van der Waals surface area contributed by atoms with Crippen LogP contribution in [0.2, 0.25) is 0 Å². The fourth-order valence-corrected chi connectivity index (χ4v) is 2.68. The van der Waals surface area contributed by atoms with Crippen molar-refractivity contribution in [2.24, 2.45) is 5.92 Å². The predicted molar refractivity (Wildman–Crippen MR) is 75.0 cm³/mol. The summed E-state index contributed by atoms with van der Waals surface area (Å²) >= 11 is 0. The van der Waals surface area contributed by atoms with Crippen LogP contribution in [0, 0.1) is 23.0 Å². The smallest absolute Gasteiger partial charge is 0.303 e. The maximum Gasteiger partial charge on any atom is 0.303 e. The zero-order valence-electron chi connectivity index (χ0n) is 11.4. The molecule has 6 nitrogen and oxygen atoms in total. The van der Waals surface area contributed by atoms with Gasteiger partial charge in [-0.2, -0.15) is 0 Å². The Bertz CT molecular complexity index is 522. The molecule has 2 rings (SSSR count). The lowest BCUT2D eigenvalue weighted by Crippen LogP contribution is -2.34. The minimum atomic E-state index is -0.741. The van der Waals surface area contributed by atoms with Crippen LogP contribution in [0.15, 0.2) is 18.2 Å². The Morgan fingerprint density at radius 2 is 2.10 bits per heavy atom. The van der Waals surface area contributed by atoms with Crippen molar-refractivity contribution in [3.63, 3.8) is 0 Å². The number of piperidine rings is 1. The van der Waals surface area contributed by atoms with Gasteiger partial charge in [0, 0.05) is 36.8 Å². The highest BCUT2D eigenvalue weighted by atomic mass is 16.6. The van der Waals surface area contributed by atoms with Crippen LogP contribution in [0.25, 0.3) is 0 Å². The first-order valence-electron chi connectivity index (χ1n) is 6.69. The van der Waals surface area contributed by atoms with Gasteiger partial charge < -0.3 is 10.0 Å². The highest BCUT2D eigenvalue weighted by molar-refractivity contribution is 5.67. The molecular formula is C14H18N2O4. The second kappa shape index (κ2) is 5.90. The van der Waals surface area contributed by atoms with E-state index in [-0.39, 0.29) is 22.9 Å². The SMILES string of the molecule is Cc1cc(N2CCC(CC(=O)O)CC2)ccc1[N+](=O)[O-]. The molecule has 0 unspecified atom stereocenters. The molecule has 0 atom stereocenters. The minimum Gasteiger partial charge on any atom is -0.481 e. The number of hydrogen-bond acceptors (Lipinski definition) is 4. The summed E-state index contributed by atoms with van der Waals surface area (Å²) in [6.45, 7) is 3.34. The van der Waals surface area contributed by atoms with Crippen LogP contribution < -0.4 is 4.90 Å². The highest BCUT2D eigenvalue weighted by Crippen LogP contribution is 2.28. The van der Waals surface area contributed by atoms with Crippen molar-refractivity contribution >= 4 is 17.3 Å². The van der Waals surface area contributed by atoms with E-state index in [0.717, 1.165) is 31.6 Å². The quantitative estimate of drug-likeness (QED) is 0.676. The van der Waals surface area contributed by atoms with Crippen molar-refractivity contribution in [2.45, 2.75) is 26.2 Å². The Morgan fingerprint density at radius 1 is 1.45 bits per heavy atom. The lowest BCUT2D eigenvalue weighted by Gasteiger charge is -2.33. The van der Waals surface area contributed by atoms with Gasteiger partial charge in [0.2, 0.25) is 0 Å². The van der Waals surface area contributed by atoms with E-state index in [4.69, 9.17) is 5.11 Å². The number of benzene rings is 1. The summed E-state index contributed by atoms with van der Waals surface area (Å²) in [7, 11) is 0. The third-order valence-corrected chi connectivity index (χ3v) is 3.82. The number of carboxylic acids is 1. The number of nitro benzene ring substituents is 1. The number of carbonyl (C=O) groups is 1. The van der Waals surface area contributed by atoms with Crippen LogP contribution in [-0.2, 0) is 4.79 Å². The Kier molecular flexibility index (Phi) is 4.22. The van der Waals surface area contributed by atoms with E-state index in [1.54, 1.807) is 13.0 Å². The molecule has 20 heavy (non-hydrogen) atoms. The van der Waals surface area contributed by atoms with Gasteiger partial charge in [0.05, 0.1) is 4.92 Å². The predicted octanol–water partition coefficient (Wildman–Crippen LogP) is 2.59. The van der Waals surface area contributed by atoms with E-state index in [9.17, 15) is 14.9 Å². The second-order valence-corrected chi connectivity index (χ2v) is 5.26. The maximum atomic E-state index is 10.8. The normalized spacial score (nSPS) is 16.1. The zero-order valence-corrected chi connectivity index (χ0v) is 11.4. The third kappa shape index (κ3) is 3.26. The Labute approximate surface area is 117 Å². The number of hydrogen-bond donors (Lipinski definition) is 1. The lowest BCUT2D eigenvalue weighted by molar-refractivity contribution is -0.385. The van der Waals surface area contributed by atoms with E-state index in [2.05, 4.69) is 4.90 Å². The number of nitro groups is 1. The second-order valence-electron chi connectivity index (χ2n) is 5.26. The van der Waals surface area contributed by atoms with Crippen molar-refractivity contribution in [3.8, 4) is 0 Å². The van der Waals surface area contributed by atoms with E-state index >= 15 is 0 Å². The average Bonchev–Trinajstić information content (AvgIpc) is 2.38. The van der Waals surface area contributed by atoms with Crippen molar-refractivity contribution < 1.29 is 14.8 Å². The molecule has 1 aromatic rings. The molecule has 6 heteroatoms. The lowest BCUT2D eigenvalue weighted by atomic mass is 9.93. The molecule has 0 amide bonds. The van der Waals surface area contributed by atoms with Crippen LogP contribution in [0.1, 0.15) is 24.8 Å². The molecule has 108 valence electrons. The van der Waals surface area contributed by atoms with E-state index in [0.29, 0.717) is 5.56 Å². The molecule has 1 aromatic carbocycles. The van der Waals surface area contributed by atoms with Gasteiger partial charge in [-0.05, 0) is 37.8 Å². The molecule has 0 spiro atoms. The number of nitrogens with zero attached hydrogens (tertiary/aromatic N) is 2. The molecule has 1 heterocycles. The van der Waals surface area contributed by atoms with Gasteiger partial charge in [0.25, 0.3) is 5.69 Å². The molecule has 1 aliphatic rings. The molecule has 0 aromatic heterocycles. The molecule has 1 aliphatic heterocycles. The Balaban J connectivity index is 2.02. The summed E-state index contributed by atoms with van der Waals surface area (Å²) < 4.78 is 0. The van der Waals surface area contributed by atoms with E-state index in [1.165, 1.54) is 6.07 Å². The monoisotopic (exact) mass is 278 g/mol. The van der Waals surface area contributed by atoms with Gasteiger partial charge in [0.1, 0.15) is 0 Å². The molecule has 0 bridgehead atoms. The van der Waals surface area contributed by atoms with E-state index in [1.807, 2.05) is 6.07 Å². The van der Waals surface area contributed by atoms with Gasteiger partial charge >= 0.3 is 5.97 Å². The summed E-state index contributed by atoms with van der Waals surface area (Å²) in [6, 6.07) is 5.13. The summed E-state index contributed by atoms with van der Waals surface area (Å²) in [5, 5.41) is 19.6. The van der Waals surface area contributed by atoms with Crippen LogP contribution in [0.4, 0.5) is 11.4 Å². The first kappa shape index (κ1) is 14.3. The zero-order chi connectivity index (χ0) is 14.7. The molecule has 1 N–H and O–H groups in total. The Morgan fingerprint density at radius 3 is 2.60 bits per heavy atom. The topological polar surface area (TPSA) is 83.7 Å². The van der Waals surface area contributed by atoms with Crippen LogP contribution >= 0.6 is 0 Å². The van der Waals surface area contributed by atoms with Crippen molar-refractivity contribution in [3.05, 3.63) is 33.9 Å². The molecule has 1 saturated heterocycles. The van der Waals surface area contributed by atoms with Gasteiger partial charge in [-0.3, -0.25) is 14.9 Å². The molecular weight excluding hydrogens is 260 g/mol. The van der Waals surface area contributed by atoms with Gasteiger partial charge in [-0.25, -0.2) is 0 Å². The summed E-state index contributed by atoms with van der Waals surface area (Å²) in [5.41, 5.74) is 1.76. The molecule has 0 radical (unpaired) electrons. The first-order chi connectivity index (χ1) is 9.47. The number of carboxylic acid groups (broad SMARTS) is 1. The number of rotatable bonds is 4. The fourth-order valence-electron chi connectivity index (χ4n) is 2.68. The molecule has 0 saturated carbocycles. The Hall–Kier alpha value is -2.11. The van der Waals surface area contributed by atoms with Gasteiger partial charge in [-0.15, -0.1) is 0 Å². The highest BCUT2D eigenvalue weighted by Gasteiger charge is 2.22. The first-order valence-corrected chi connectivity index (χ1v) is 6.69. The van der Waals surface area contributed by atoms with Gasteiger partial charge in [-0.1, -0.05) is 0 Å². The fraction of sp³-hybridized carbons (Fsp3) is 0.500. The average molecular weight is 278 g/mol. The molecule has 0 aliphatic carbocycles. The molecule has 1 fully saturated rings. The van der Waals surface area contributed by atoms with Crippen LogP contribution in [0.5, 0.6) is 0 Å². The van der Waals surface area contributed by atoms with Gasteiger partial charge in [0.15, 0.2) is 0 Å². The third-order valence-electron chi connectivity index (χ3n) is 3.82. The van der Waals surface area contributed by atoms with E-state index < -0.39 is 5.97 Å². The number of aryl methyl sites for hydroxylation is 1. The van der Waals surface area contributed by atoms with Crippen molar-refractivity contribution in [2.75, 3.05) is 18.0 Å². The minimum absolute atomic E-state index is 0.134.